The van der Waals surface area contributed by atoms with E-state index in [4.69, 9.17) is 0 Å². The quantitative estimate of drug-likeness (QED) is 0.168. The van der Waals surface area contributed by atoms with Crippen LogP contribution < -0.4 is 4.90 Å². The standard InChI is InChI=1S/C53H39N/c1-53(2)51-21-9-8-18-48(51)49-33-32-44(35-52(49)53)54(43-30-26-40(27-31-43)46-19-10-15-38-14-6-7-17-45(38)46)42-28-24-36(25-29-42)41-23-22-39-16-11-20-47(50(39)34-41)37-12-4-3-5-13-37/h3-35H,1-2H3. The zero-order valence-electron chi connectivity index (χ0n) is 30.5. The molecule has 0 spiro atoms. The molecule has 1 heteroatoms. The van der Waals surface area contributed by atoms with Gasteiger partial charge in [-0.15, -0.1) is 0 Å². The minimum Gasteiger partial charge on any atom is -0.310 e. The number of nitrogens with zero attached hydrogens (tertiary/aromatic N) is 1. The normalized spacial score (nSPS) is 12.8. The number of benzene rings is 9. The van der Waals surface area contributed by atoms with Gasteiger partial charge in [0.05, 0.1) is 0 Å². The maximum atomic E-state index is 2.41. The summed E-state index contributed by atoms with van der Waals surface area (Å²) >= 11 is 0. The van der Waals surface area contributed by atoms with Crippen LogP contribution in [0.4, 0.5) is 17.1 Å². The summed E-state index contributed by atoms with van der Waals surface area (Å²) in [5.74, 6) is 0. The topological polar surface area (TPSA) is 3.24 Å². The van der Waals surface area contributed by atoms with Crippen LogP contribution in [-0.2, 0) is 5.41 Å². The summed E-state index contributed by atoms with van der Waals surface area (Å²) in [7, 11) is 0. The van der Waals surface area contributed by atoms with Crippen molar-refractivity contribution in [3.05, 3.63) is 211 Å². The van der Waals surface area contributed by atoms with Crippen LogP contribution in [0, 0.1) is 0 Å². The van der Waals surface area contributed by atoms with Gasteiger partial charge in [-0.2, -0.15) is 0 Å². The van der Waals surface area contributed by atoms with E-state index in [2.05, 4.69) is 219 Å². The van der Waals surface area contributed by atoms with Crippen LogP contribution in [0.3, 0.4) is 0 Å². The molecule has 0 aliphatic heterocycles. The van der Waals surface area contributed by atoms with Crippen molar-refractivity contribution in [3.8, 4) is 44.5 Å². The van der Waals surface area contributed by atoms with Crippen LogP contribution in [0.5, 0.6) is 0 Å². The Balaban J connectivity index is 1.07. The highest BCUT2D eigenvalue weighted by atomic mass is 15.1. The third-order valence-corrected chi connectivity index (χ3v) is 11.5. The zero-order valence-corrected chi connectivity index (χ0v) is 30.5. The highest BCUT2D eigenvalue weighted by molar-refractivity contribution is 6.00. The smallest absolute Gasteiger partial charge is 0.0465 e. The van der Waals surface area contributed by atoms with Crippen LogP contribution >= 0.6 is 0 Å². The number of rotatable bonds is 6. The molecule has 0 saturated heterocycles. The third-order valence-electron chi connectivity index (χ3n) is 11.5. The van der Waals surface area contributed by atoms with E-state index in [1.165, 1.54) is 77.2 Å². The second-order valence-electron chi connectivity index (χ2n) is 15.0. The van der Waals surface area contributed by atoms with E-state index in [9.17, 15) is 0 Å². The Kier molecular flexibility index (Phi) is 7.56. The van der Waals surface area contributed by atoms with Crippen LogP contribution in [0.2, 0.25) is 0 Å². The lowest BCUT2D eigenvalue weighted by Gasteiger charge is -2.28. The van der Waals surface area contributed by atoms with Gasteiger partial charge in [0, 0.05) is 22.5 Å². The maximum absolute atomic E-state index is 2.41. The molecule has 0 unspecified atom stereocenters. The summed E-state index contributed by atoms with van der Waals surface area (Å²) in [4.78, 5) is 2.41. The van der Waals surface area contributed by atoms with Crippen molar-refractivity contribution >= 4 is 38.6 Å². The van der Waals surface area contributed by atoms with Gasteiger partial charge in [0.15, 0.2) is 0 Å². The first-order valence-electron chi connectivity index (χ1n) is 18.8. The Hall–Kier alpha value is -6.70. The molecule has 10 rings (SSSR count). The predicted octanol–water partition coefficient (Wildman–Crippen LogP) is 14.8. The Morgan fingerprint density at radius 2 is 0.833 bits per heavy atom. The number of fused-ring (bicyclic) bond motifs is 5. The van der Waals surface area contributed by atoms with Crippen LogP contribution in [0.25, 0.3) is 66.1 Å². The summed E-state index contributed by atoms with van der Waals surface area (Å²) in [6.07, 6.45) is 0. The van der Waals surface area contributed by atoms with E-state index < -0.39 is 0 Å². The van der Waals surface area contributed by atoms with Crippen molar-refractivity contribution < 1.29 is 0 Å². The first-order chi connectivity index (χ1) is 26.5. The van der Waals surface area contributed by atoms with E-state index in [-0.39, 0.29) is 5.41 Å². The summed E-state index contributed by atoms with van der Waals surface area (Å²) in [6.45, 7) is 4.71. The molecule has 1 aliphatic rings. The molecule has 0 atom stereocenters. The predicted molar refractivity (Wildman–Crippen MR) is 230 cm³/mol. The summed E-state index contributed by atoms with van der Waals surface area (Å²) in [5, 5.41) is 5.03. The van der Waals surface area contributed by atoms with Crippen molar-refractivity contribution in [1.29, 1.82) is 0 Å². The molecule has 0 heterocycles. The van der Waals surface area contributed by atoms with Gasteiger partial charge >= 0.3 is 0 Å². The van der Waals surface area contributed by atoms with Crippen molar-refractivity contribution in [2.24, 2.45) is 0 Å². The van der Waals surface area contributed by atoms with Crippen LogP contribution in [0.1, 0.15) is 25.0 Å². The van der Waals surface area contributed by atoms with E-state index in [1.54, 1.807) is 0 Å². The molecule has 0 saturated carbocycles. The minimum atomic E-state index is -0.0929. The molecular formula is C53H39N. The summed E-state index contributed by atoms with van der Waals surface area (Å²) in [5.41, 5.74) is 16.1. The second-order valence-corrected chi connectivity index (χ2v) is 15.0. The van der Waals surface area contributed by atoms with E-state index in [0.717, 1.165) is 17.1 Å². The van der Waals surface area contributed by atoms with Gasteiger partial charge in [0.25, 0.3) is 0 Å². The zero-order chi connectivity index (χ0) is 36.2. The molecule has 54 heavy (non-hydrogen) atoms. The fourth-order valence-corrected chi connectivity index (χ4v) is 8.67. The fraction of sp³-hybridized carbons (Fsp3) is 0.0566. The average Bonchev–Trinajstić information content (AvgIpc) is 3.46. The van der Waals surface area contributed by atoms with Crippen molar-refractivity contribution in [2.75, 3.05) is 4.90 Å². The largest absolute Gasteiger partial charge is 0.310 e. The van der Waals surface area contributed by atoms with Gasteiger partial charge in [-0.05, 0) is 120 Å². The number of anilines is 3. The molecule has 0 amide bonds. The van der Waals surface area contributed by atoms with E-state index >= 15 is 0 Å². The first kappa shape index (κ1) is 32.0. The molecule has 0 aromatic heterocycles. The lowest BCUT2D eigenvalue weighted by atomic mass is 9.82. The highest BCUT2D eigenvalue weighted by Crippen LogP contribution is 2.50. The average molecular weight is 690 g/mol. The van der Waals surface area contributed by atoms with Gasteiger partial charge in [0.1, 0.15) is 0 Å². The van der Waals surface area contributed by atoms with Crippen LogP contribution in [0.15, 0.2) is 200 Å². The van der Waals surface area contributed by atoms with Crippen molar-refractivity contribution in [3.63, 3.8) is 0 Å². The molecule has 1 aliphatic carbocycles. The summed E-state index contributed by atoms with van der Waals surface area (Å²) < 4.78 is 0. The third kappa shape index (κ3) is 5.32. The molecule has 256 valence electrons. The molecule has 0 fully saturated rings. The number of hydrogen-bond donors (Lipinski definition) is 0. The Bertz CT molecular complexity index is 2820. The molecule has 0 radical (unpaired) electrons. The molecule has 0 bridgehead atoms. The first-order valence-corrected chi connectivity index (χ1v) is 18.8. The Morgan fingerprint density at radius 1 is 0.315 bits per heavy atom. The Morgan fingerprint density at radius 3 is 1.59 bits per heavy atom. The fourth-order valence-electron chi connectivity index (χ4n) is 8.67. The van der Waals surface area contributed by atoms with Crippen LogP contribution in [-0.4, -0.2) is 0 Å². The van der Waals surface area contributed by atoms with Gasteiger partial charge in [0.2, 0.25) is 0 Å². The summed E-state index contributed by atoms with van der Waals surface area (Å²) in [6, 6.07) is 73.4. The molecular weight excluding hydrogens is 651 g/mol. The lowest BCUT2D eigenvalue weighted by molar-refractivity contribution is 0.660. The monoisotopic (exact) mass is 689 g/mol. The highest BCUT2D eigenvalue weighted by Gasteiger charge is 2.35. The molecule has 0 N–H and O–H groups in total. The van der Waals surface area contributed by atoms with E-state index in [1.807, 2.05) is 0 Å². The molecule has 1 nitrogen and oxygen atoms in total. The van der Waals surface area contributed by atoms with Crippen molar-refractivity contribution in [1.82, 2.24) is 0 Å². The molecule has 9 aromatic carbocycles. The van der Waals surface area contributed by atoms with Gasteiger partial charge in [-0.25, -0.2) is 0 Å². The lowest BCUT2D eigenvalue weighted by Crippen LogP contribution is -2.16. The van der Waals surface area contributed by atoms with Crippen molar-refractivity contribution in [2.45, 2.75) is 19.3 Å². The van der Waals surface area contributed by atoms with E-state index in [0.29, 0.717) is 0 Å². The Labute approximate surface area is 317 Å². The van der Waals surface area contributed by atoms with Gasteiger partial charge in [-0.1, -0.05) is 172 Å². The maximum Gasteiger partial charge on any atom is 0.0465 e. The SMILES string of the molecule is CC1(C)c2ccccc2-c2ccc(N(c3ccc(-c4ccc5cccc(-c6ccccc6)c5c4)cc3)c3ccc(-c4cccc5ccccc45)cc3)cc21. The van der Waals surface area contributed by atoms with Gasteiger partial charge < -0.3 is 4.90 Å². The second kappa shape index (κ2) is 12.8. The molecule has 9 aromatic rings. The minimum absolute atomic E-state index is 0.0929. The van der Waals surface area contributed by atoms with Gasteiger partial charge in [-0.3, -0.25) is 0 Å². The number of hydrogen-bond acceptors (Lipinski definition) is 1.